The molecule has 0 aliphatic heterocycles. The zero-order valence-corrected chi connectivity index (χ0v) is 16.6. The van der Waals surface area contributed by atoms with Crippen LogP contribution in [0.25, 0.3) is 6.08 Å². The molecule has 0 saturated heterocycles. The van der Waals surface area contributed by atoms with Crippen molar-refractivity contribution in [2.45, 2.75) is 41.5 Å². The molecule has 0 aromatic heterocycles. The van der Waals surface area contributed by atoms with Gasteiger partial charge in [0.2, 0.25) is 0 Å². The van der Waals surface area contributed by atoms with Gasteiger partial charge in [0, 0.05) is 11.1 Å². The van der Waals surface area contributed by atoms with Gasteiger partial charge in [0.05, 0.1) is 10.0 Å². The first-order valence-electron chi connectivity index (χ1n) is 8.05. The Balaban J connectivity index is 2.59. The number of hydrogen-bond donors (Lipinski definition) is 0. The molecule has 3 heteroatoms. The van der Waals surface area contributed by atoms with Gasteiger partial charge < -0.3 is 0 Å². The lowest BCUT2D eigenvalue weighted by Crippen LogP contribution is -2.27. The van der Waals surface area contributed by atoms with Crippen LogP contribution in [0.1, 0.15) is 47.1 Å². The third kappa shape index (κ3) is 4.20. The smallest absolute Gasteiger partial charge is 0.186 e. The lowest BCUT2D eigenvalue weighted by atomic mass is 9.72. The molecule has 1 aromatic rings. The van der Waals surface area contributed by atoms with E-state index in [1.165, 1.54) is 0 Å². The predicted octanol–water partition coefficient (Wildman–Crippen LogP) is 6.90. The molecule has 1 aliphatic rings. The molecule has 0 saturated carbocycles. The lowest BCUT2D eigenvalue weighted by molar-refractivity contribution is -0.114. The summed E-state index contributed by atoms with van der Waals surface area (Å²) in [4.78, 5) is 12.9. The molecule has 0 amide bonds. The van der Waals surface area contributed by atoms with Crippen LogP contribution in [-0.2, 0) is 4.79 Å². The Morgan fingerprint density at radius 3 is 1.75 bits per heavy atom. The molecule has 0 bridgehead atoms. The summed E-state index contributed by atoms with van der Waals surface area (Å²) in [5.41, 5.74) is 3.21. The minimum atomic E-state index is -0.210. The molecule has 2 rings (SSSR count). The van der Waals surface area contributed by atoms with Crippen LogP contribution in [0.2, 0.25) is 10.0 Å². The molecule has 1 nitrogen and oxygen atoms in total. The van der Waals surface area contributed by atoms with Crippen molar-refractivity contribution in [3.63, 3.8) is 0 Å². The van der Waals surface area contributed by atoms with Crippen LogP contribution in [0.15, 0.2) is 47.1 Å². The SMILES string of the molecule is CC(C)(C)C1=CC(=Cc2ccc(Cl)c(Cl)c2)C=C(C(C)(C)C)C1=O. The highest BCUT2D eigenvalue weighted by atomic mass is 35.5. The topological polar surface area (TPSA) is 17.1 Å². The van der Waals surface area contributed by atoms with Crippen molar-refractivity contribution in [3.05, 3.63) is 62.7 Å². The van der Waals surface area contributed by atoms with Crippen molar-refractivity contribution in [3.8, 4) is 0 Å². The van der Waals surface area contributed by atoms with Gasteiger partial charge in [-0.25, -0.2) is 0 Å². The van der Waals surface area contributed by atoms with E-state index in [9.17, 15) is 4.79 Å². The molecule has 0 N–H and O–H groups in total. The fourth-order valence-electron chi connectivity index (χ4n) is 2.64. The van der Waals surface area contributed by atoms with E-state index in [0.717, 1.165) is 22.3 Å². The summed E-state index contributed by atoms with van der Waals surface area (Å²) in [7, 11) is 0. The first-order chi connectivity index (χ1) is 10.9. The molecule has 0 heterocycles. The van der Waals surface area contributed by atoms with Crippen molar-refractivity contribution in [2.24, 2.45) is 10.8 Å². The summed E-state index contributed by atoms with van der Waals surface area (Å²) in [6, 6.07) is 5.54. The predicted molar refractivity (Wildman–Crippen MR) is 105 cm³/mol. The summed E-state index contributed by atoms with van der Waals surface area (Å²) >= 11 is 12.1. The van der Waals surface area contributed by atoms with Gasteiger partial charge in [-0.05, 0) is 52.3 Å². The zero-order valence-electron chi connectivity index (χ0n) is 15.1. The second-order valence-corrected chi connectivity index (χ2v) is 9.08. The van der Waals surface area contributed by atoms with E-state index < -0.39 is 0 Å². The van der Waals surface area contributed by atoms with Gasteiger partial charge in [0.25, 0.3) is 0 Å². The Hall–Kier alpha value is -1.31. The van der Waals surface area contributed by atoms with Crippen molar-refractivity contribution >= 4 is 35.1 Å². The number of hydrogen-bond acceptors (Lipinski definition) is 1. The van der Waals surface area contributed by atoms with Gasteiger partial charge in [-0.15, -0.1) is 0 Å². The molecular weight excluding hydrogens is 339 g/mol. The monoisotopic (exact) mass is 362 g/mol. The minimum absolute atomic E-state index is 0.140. The highest BCUT2D eigenvalue weighted by Crippen LogP contribution is 2.39. The number of carbonyl (C=O) groups excluding carboxylic acids is 1. The molecule has 0 spiro atoms. The Bertz CT molecular complexity index is 730. The first-order valence-corrected chi connectivity index (χ1v) is 8.81. The maximum absolute atomic E-state index is 12.9. The number of rotatable bonds is 1. The molecule has 0 radical (unpaired) electrons. The van der Waals surface area contributed by atoms with Crippen molar-refractivity contribution in [1.82, 2.24) is 0 Å². The van der Waals surface area contributed by atoms with Crippen LogP contribution < -0.4 is 0 Å². The Morgan fingerprint density at radius 1 is 0.833 bits per heavy atom. The van der Waals surface area contributed by atoms with E-state index >= 15 is 0 Å². The zero-order chi connectivity index (χ0) is 18.3. The molecule has 24 heavy (non-hydrogen) atoms. The second-order valence-electron chi connectivity index (χ2n) is 8.26. The number of carbonyl (C=O) groups is 1. The van der Waals surface area contributed by atoms with Crippen molar-refractivity contribution in [1.29, 1.82) is 0 Å². The van der Waals surface area contributed by atoms with Gasteiger partial charge in [-0.3, -0.25) is 4.79 Å². The first kappa shape index (κ1) is 19.0. The molecule has 0 atom stereocenters. The molecule has 1 aromatic carbocycles. The van der Waals surface area contributed by atoms with Crippen LogP contribution in [0.4, 0.5) is 0 Å². The van der Waals surface area contributed by atoms with E-state index in [-0.39, 0.29) is 16.6 Å². The summed E-state index contributed by atoms with van der Waals surface area (Å²) in [6.45, 7) is 12.4. The fourth-order valence-corrected chi connectivity index (χ4v) is 2.95. The quantitative estimate of drug-likeness (QED) is 0.530. The average Bonchev–Trinajstić information content (AvgIpc) is 2.42. The maximum atomic E-state index is 12.9. The fraction of sp³-hybridized carbons (Fsp3) is 0.381. The largest absolute Gasteiger partial charge is 0.289 e. The maximum Gasteiger partial charge on any atom is 0.186 e. The van der Waals surface area contributed by atoms with Crippen LogP contribution in [-0.4, -0.2) is 5.78 Å². The molecule has 128 valence electrons. The number of benzene rings is 1. The van der Waals surface area contributed by atoms with Gasteiger partial charge in [-0.2, -0.15) is 0 Å². The van der Waals surface area contributed by atoms with E-state index in [1.807, 2.05) is 30.4 Å². The Labute approximate surface area is 155 Å². The Morgan fingerprint density at radius 2 is 1.33 bits per heavy atom. The van der Waals surface area contributed by atoms with Crippen molar-refractivity contribution < 1.29 is 4.79 Å². The molecule has 0 fully saturated rings. The van der Waals surface area contributed by atoms with Gasteiger partial charge in [0.1, 0.15) is 0 Å². The summed E-state index contributed by atoms with van der Waals surface area (Å²) in [5.74, 6) is 0.140. The standard InChI is InChI=1S/C21H24Cl2O/c1-20(2,3)15-10-14(11-16(19(15)24)21(4,5)6)9-13-7-8-17(22)18(23)12-13/h7-12H,1-6H3. The van der Waals surface area contributed by atoms with E-state index in [1.54, 1.807) is 6.07 Å². The van der Waals surface area contributed by atoms with E-state index in [0.29, 0.717) is 10.0 Å². The van der Waals surface area contributed by atoms with Crippen LogP contribution >= 0.6 is 23.2 Å². The normalized spacial score (nSPS) is 16.0. The van der Waals surface area contributed by atoms with Gasteiger partial charge >= 0.3 is 0 Å². The third-order valence-electron chi connectivity index (χ3n) is 4.00. The summed E-state index contributed by atoms with van der Waals surface area (Å²) < 4.78 is 0. The lowest BCUT2D eigenvalue weighted by Gasteiger charge is -2.31. The number of ketones is 1. The molecule has 1 aliphatic carbocycles. The summed E-state index contributed by atoms with van der Waals surface area (Å²) in [5, 5.41) is 1.06. The average molecular weight is 363 g/mol. The highest BCUT2D eigenvalue weighted by Gasteiger charge is 2.33. The van der Waals surface area contributed by atoms with Crippen LogP contribution in [0, 0.1) is 10.8 Å². The van der Waals surface area contributed by atoms with E-state index in [2.05, 4.69) is 41.5 Å². The molecular formula is C21H24Cl2O. The van der Waals surface area contributed by atoms with Gasteiger partial charge in [-0.1, -0.05) is 70.8 Å². The molecule has 0 unspecified atom stereocenters. The minimum Gasteiger partial charge on any atom is -0.289 e. The van der Waals surface area contributed by atoms with Crippen LogP contribution in [0.5, 0.6) is 0 Å². The van der Waals surface area contributed by atoms with Crippen LogP contribution in [0.3, 0.4) is 0 Å². The second kappa shape index (κ2) is 6.54. The van der Waals surface area contributed by atoms with E-state index in [4.69, 9.17) is 23.2 Å². The number of Topliss-reactive ketones (excluding diaryl/α,β-unsaturated/α-hetero) is 1. The number of allylic oxidation sites excluding steroid dienone is 5. The number of halogens is 2. The highest BCUT2D eigenvalue weighted by molar-refractivity contribution is 6.42. The summed E-state index contributed by atoms with van der Waals surface area (Å²) in [6.07, 6.45) is 6.01. The van der Waals surface area contributed by atoms with Gasteiger partial charge in [0.15, 0.2) is 5.78 Å². The third-order valence-corrected chi connectivity index (χ3v) is 4.74. The van der Waals surface area contributed by atoms with Crippen molar-refractivity contribution in [2.75, 3.05) is 0 Å². The Kier molecular flexibility index (Phi) is 5.18.